The van der Waals surface area contributed by atoms with Gasteiger partial charge in [-0.15, -0.1) is 10.2 Å². The zero-order valence-electron chi connectivity index (χ0n) is 15.4. The topological polar surface area (TPSA) is 29.0 Å². The van der Waals surface area contributed by atoms with Gasteiger partial charge in [0.2, 0.25) is 0 Å². The molecule has 3 aromatic rings. The van der Waals surface area contributed by atoms with Gasteiger partial charge in [0.15, 0.2) is 0 Å². The fourth-order valence-corrected chi connectivity index (χ4v) is 4.71. The summed E-state index contributed by atoms with van der Waals surface area (Å²) in [4.78, 5) is 2.46. The molecule has 1 aliphatic heterocycles. The van der Waals surface area contributed by atoms with Crippen LogP contribution in [-0.4, -0.2) is 23.3 Å². The summed E-state index contributed by atoms with van der Waals surface area (Å²) in [7, 11) is 0. The summed E-state index contributed by atoms with van der Waals surface area (Å²) in [5.41, 5.74) is 4.31. The van der Waals surface area contributed by atoms with Crippen LogP contribution < -0.4 is 4.90 Å². The molecule has 0 radical (unpaired) electrons. The maximum Gasteiger partial charge on any atom is 0.119 e. The standard InChI is InChI=1S/C22H21Cl2N3S/c23-18-7-4-17(20(24)14-18)15-28-22-11-10-21(25-26-22)16-5-8-19(9-6-16)27-12-2-1-3-13-27/h4-11,14H,1-3,12-13,15H2. The number of anilines is 1. The van der Waals surface area contributed by atoms with E-state index in [-0.39, 0.29) is 0 Å². The first-order chi connectivity index (χ1) is 13.7. The lowest BCUT2D eigenvalue weighted by Gasteiger charge is -2.28. The molecule has 0 spiro atoms. The number of benzene rings is 2. The second kappa shape index (κ2) is 9.17. The Hall–Kier alpha value is -1.75. The molecule has 4 rings (SSSR count). The van der Waals surface area contributed by atoms with E-state index in [1.165, 1.54) is 24.9 Å². The molecule has 0 unspecified atom stereocenters. The Bertz CT molecular complexity index is 924. The zero-order chi connectivity index (χ0) is 19.3. The van der Waals surface area contributed by atoms with E-state index in [1.807, 2.05) is 24.3 Å². The number of halogens is 2. The molecule has 0 aliphatic carbocycles. The molecule has 1 fully saturated rings. The minimum atomic E-state index is 0.647. The SMILES string of the molecule is Clc1ccc(CSc2ccc(-c3ccc(N4CCCCC4)cc3)nn2)c(Cl)c1. The predicted molar refractivity (Wildman–Crippen MR) is 120 cm³/mol. The molecule has 0 bridgehead atoms. The fraction of sp³-hybridized carbons (Fsp3) is 0.273. The summed E-state index contributed by atoms with van der Waals surface area (Å²) in [6, 6.07) is 18.2. The Labute approximate surface area is 180 Å². The van der Waals surface area contributed by atoms with E-state index in [0.717, 1.165) is 40.7 Å². The van der Waals surface area contributed by atoms with Crippen molar-refractivity contribution in [2.45, 2.75) is 30.0 Å². The molecule has 144 valence electrons. The normalized spacial score (nSPS) is 14.3. The van der Waals surface area contributed by atoms with Crippen molar-refractivity contribution < 1.29 is 0 Å². The first-order valence-electron chi connectivity index (χ1n) is 9.45. The van der Waals surface area contributed by atoms with Crippen LogP contribution in [0.2, 0.25) is 10.0 Å². The van der Waals surface area contributed by atoms with E-state index in [2.05, 4.69) is 39.4 Å². The van der Waals surface area contributed by atoms with Gasteiger partial charge in [0.1, 0.15) is 5.03 Å². The third kappa shape index (κ3) is 4.80. The Morgan fingerprint density at radius 3 is 2.32 bits per heavy atom. The molecule has 3 nitrogen and oxygen atoms in total. The van der Waals surface area contributed by atoms with Crippen molar-refractivity contribution in [3.05, 3.63) is 70.2 Å². The summed E-state index contributed by atoms with van der Waals surface area (Å²) in [5, 5.41) is 11.0. The van der Waals surface area contributed by atoms with Crippen LogP contribution >= 0.6 is 35.0 Å². The second-order valence-electron chi connectivity index (χ2n) is 6.88. The van der Waals surface area contributed by atoms with E-state index >= 15 is 0 Å². The van der Waals surface area contributed by atoms with Crippen molar-refractivity contribution >= 4 is 40.7 Å². The van der Waals surface area contributed by atoms with Gasteiger partial charge in [0, 0.05) is 40.1 Å². The fourth-order valence-electron chi connectivity index (χ4n) is 3.34. The molecule has 6 heteroatoms. The van der Waals surface area contributed by atoms with Crippen LogP contribution in [0.5, 0.6) is 0 Å². The monoisotopic (exact) mass is 429 g/mol. The average Bonchev–Trinajstić information content (AvgIpc) is 2.74. The average molecular weight is 430 g/mol. The van der Waals surface area contributed by atoms with Crippen LogP contribution in [0.1, 0.15) is 24.8 Å². The van der Waals surface area contributed by atoms with Gasteiger partial charge in [-0.3, -0.25) is 0 Å². The molecule has 1 aliphatic rings. The summed E-state index contributed by atoms with van der Waals surface area (Å²) >= 11 is 13.8. The Morgan fingerprint density at radius 1 is 0.857 bits per heavy atom. The highest BCUT2D eigenvalue weighted by atomic mass is 35.5. The van der Waals surface area contributed by atoms with Crippen molar-refractivity contribution in [2.24, 2.45) is 0 Å². The van der Waals surface area contributed by atoms with Crippen LogP contribution in [0, 0.1) is 0 Å². The molecule has 1 aromatic heterocycles. The maximum absolute atomic E-state index is 6.23. The quantitative estimate of drug-likeness (QED) is 0.420. The lowest BCUT2D eigenvalue weighted by Crippen LogP contribution is -2.29. The predicted octanol–water partition coefficient (Wildman–Crippen LogP) is 6.73. The van der Waals surface area contributed by atoms with Gasteiger partial charge in [-0.25, -0.2) is 0 Å². The highest BCUT2D eigenvalue weighted by molar-refractivity contribution is 7.98. The molecule has 0 amide bonds. The van der Waals surface area contributed by atoms with Gasteiger partial charge in [0.25, 0.3) is 0 Å². The molecule has 2 heterocycles. The number of piperidine rings is 1. The van der Waals surface area contributed by atoms with Crippen LogP contribution in [0.15, 0.2) is 59.6 Å². The van der Waals surface area contributed by atoms with Crippen molar-refractivity contribution in [2.75, 3.05) is 18.0 Å². The van der Waals surface area contributed by atoms with Crippen LogP contribution in [0.25, 0.3) is 11.3 Å². The molecule has 2 aromatic carbocycles. The zero-order valence-corrected chi connectivity index (χ0v) is 17.8. The molecule has 0 atom stereocenters. The number of rotatable bonds is 5. The smallest absolute Gasteiger partial charge is 0.119 e. The largest absolute Gasteiger partial charge is 0.372 e. The minimum absolute atomic E-state index is 0.647. The third-order valence-electron chi connectivity index (χ3n) is 4.92. The van der Waals surface area contributed by atoms with Gasteiger partial charge in [0.05, 0.1) is 5.69 Å². The van der Waals surface area contributed by atoms with E-state index < -0.39 is 0 Å². The van der Waals surface area contributed by atoms with Gasteiger partial charge >= 0.3 is 0 Å². The maximum atomic E-state index is 6.23. The first kappa shape index (κ1) is 19.6. The third-order valence-corrected chi connectivity index (χ3v) is 6.47. The number of aromatic nitrogens is 2. The van der Waals surface area contributed by atoms with Crippen LogP contribution in [-0.2, 0) is 5.75 Å². The summed E-state index contributed by atoms with van der Waals surface area (Å²) in [6.07, 6.45) is 3.92. The molecule has 0 saturated carbocycles. The molecular weight excluding hydrogens is 409 g/mol. The van der Waals surface area contributed by atoms with E-state index in [1.54, 1.807) is 17.8 Å². The molecule has 28 heavy (non-hydrogen) atoms. The number of hydrogen-bond donors (Lipinski definition) is 0. The molecular formula is C22H21Cl2N3S. The van der Waals surface area contributed by atoms with Crippen molar-refractivity contribution in [1.82, 2.24) is 10.2 Å². The number of thioether (sulfide) groups is 1. The summed E-state index contributed by atoms with van der Waals surface area (Å²) in [5.74, 6) is 0.731. The Kier molecular flexibility index (Phi) is 6.40. The van der Waals surface area contributed by atoms with Crippen molar-refractivity contribution in [1.29, 1.82) is 0 Å². The van der Waals surface area contributed by atoms with Crippen molar-refractivity contribution in [3.8, 4) is 11.3 Å². The number of hydrogen-bond acceptors (Lipinski definition) is 4. The highest BCUT2D eigenvalue weighted by Gasteiger charge is 2.11. The van der Waals surface area contributed by atoms with E-state index in [0.29, 0.717) is 10.0 Å². The van der Waals surface area contributed by atoms with E-state index in [9.17, 15) is 0 Å². The highest BCUT2D eigenvalue weighted by Crippen LogP contribution is 2.29. The van der Waals surface area contributed by atoms with Gasteiger partial charge < -0.3 is 4.90 Å². The van der Waals surface area contributed by atoms with E-state index in [4.69, 9.17) is 23.2 Å². The first-order valence-corrected chi connectivity index (χ1v) is 11.2. The molecule has 1 saturated heterocycles. The van der Waals surface area contributed by atoms with Gasteiger partial charge in [-0.05, 0) is 61.2 Å². The number of nitrogens with zero attached hydrogens (tertiary/aromatic N) is 3. The van der Waals surface area contributed by atoms with Gasteiger partial charge in [-0.2, -0.15) is 0 Å². The van der Waals surface area contributed by atoms with Crippen LogP contribution in [0.3, 0.4) is 0 Å². The van der Waals surface area contributed by atoms with Crippen LogP contribution in [0.4, 0.5) is 5.69 Å². The lowest BCUT2D eigenvalue weighted by molar-refractivity contribution is 0.578. The minimum Gasteiger partial charge on any atom is -0.372 e. The Morgan fingerprint density at radius 2 is 1.64 bits per heavy atom. The molecule has 0 N–H and O–H groups in total. The second-order valence-corrected chi connectivity index (χ2v) is 8.72. The summed E-state index contributed by atoms with van der Waals surface area (Å²) in [6.45, 7) is 2.31. The summed E-state index contributed by atoms with van der Waals surface area (Å²) < 4.78 is 0. The van der Waals surface area contributed by atoms with Gasteiger partial charge in [-0.1, -0.05) is 53.2 Å². The van der Waals surface area contributed by atoms with Crippen molar-refractivity contribution in [3.63, 3.8) is 0 Å². The Balaban J connectivity index is 1.40. The lowest BCUT2D eigenvalue weighted by atomic mass is 10.1.